The van der Waals surface area contributed by atoms with Crippen LogP contribution in [0.25, 0.3) is 0 Å². The molecule has 3 rings (SSSR count). The van der Waals surface area contributed by atoms with Gasteiger partial charge in [0.05, 0.1) is 6.04 Å². The molecule has 9 heteroatoms. The van der Waals surface area contributed by atoms with Gasteiger partial charge in [-0.2, -0.15) is 9.97 Å². The summed E-state index contributed by atoms with van der Waals surface area (Å²) >= 11 is 0. The lowest BCUT2D eigenvalue weighted by Gasteiger charge is -2.21. The first-order chi connectivity index (χ1) is 11.5. The van der Waals surface area contributed by atoms with E-state index >= 15 is 0 Å². The maximum atomic E-state index is 12.4. The molecule has 0 spiro atoms. The molecular weight excluding hydrogens is 314 g/mol. The van der Waals surface area contributed by atoms with Crippen LogP contribution in [0, 0.1) is 6.92 Å². The summed E-state index contributed by atoms with van der Waals surface area (Å²) in [5.41, 5.74) is 0. The van der Waals surface area contributed by atoms with Crippen molar-refractivity contribution in [3.05, 3.63) is 23.4 Å². The van der Waals surface area contributed by atoms with Gasteiger partial charge in [-0.1, -0.05) is 24.2 Å². The highest BCUT2D eigenvalue weighted by atomic mass is 16.5. The molecule has 1 aliphatic heterocycles. The van der Waals surface area contributed by atoms with Crippen molar-refractivity contribution in [3.63, 3.8) is 0 Å². The van der Waals surface area contributed by atoms with Gasteiger partial charge in [0, 0.05) is 12.5 Å². The van der Waals surface area contributed by atoms with E-state index in [0.29, 0.717) is 30.0 Å². The molecule has 1 amide bonds. The van der Waals surface area contributed by atoms with E-state index in [2.05, 4.69) is 20.3 Å². The Morgan fingerprint density at radius 1 is 1.33 bits per heavy atom. The summed E-state index contributed by atoms with van der Waals surface area (Å²) in [5.74, 6) is 2.11. The van der Waals surface area contributed by atoms with Gasteiger partial charge in [0.25, 0.3) is 5.89 Å². The second kappa shape index (κ2) is 7.08. The van der Waals surface area contributed by atoms with E-state index in [0.717, 1.165) is 12.8 Å². The minimum atomic E-state index is -0.150. The third-order valence-electron chi connectivity index (χ3n) is 3.84. The van der Waals surface area contributed by atoms with Crippen LogP contribution in [0.3, 0.4) is 0 Å². The van der Waals surface area contributed by atoms with Crippen LogP contribution in [-0.2, 0) is 16.1 Å². The van der Waals surface area contributed by atoms with Crippen LogP contribution in [0.5, 0.6) is 0 Å². The van der Waals surface area contributed by atoms with Gasteiger partial charge in [-0.15, -0.1) is 0 Å². The van der Waals surface area contributed by atoms with E-state index in [4.69, 9.17) is 13.8 Å². The molecule has 1 fully saturated rings. The Bertz CT molecular complexity index is 696. The maximum absolute atomic E-state index is 12.4. The molecule has 0 aromatic carbocycles. The average Bonchev–Trinajstić information content (AvgIpc) is 3.26. The minimum Gasteiger partial charge on any atom is -0.362 e. The number of carbonyl (C=O) groups excluding carboxylic acids is 1. The molecule has 0 bridgehead atoms. The highest BCUT2D eigenvalue weighted by molar-refractivity contribution is 5.78. The van der Waals surface area contributed by atoms with Gasteiger partial charge in [-0.05, 0) is 19.8 Å². The third kappa shape index (κ3) is 3.61. The molecule has 2 aromatic rings. The van der Waals surface area contributed by atoms with Gasteiger partial charge in [0.1, 0.15) is 13.2 Å². The molecule has 9 nitrogen and oxygen atoms in total. The lowest BCUT2D eigenvalue weighted by Crippen LogP contribution is -2.34. The number of hydrogen-bond acceptors (Lipinski definition) is 8. The number of nitrogens with zero attached hydrogens (tertiary/aromatic N) is 5. The van der Waals surface area contributed by atoms with Gasteiger partial charge in [0.15, 0.2) is 11.6 Å². The average molecular weight is 335 g/mol. The molecule has 0 aliphatic carbocycles. The monoisotopic (exact) mass is 335 g/mol. The first-order valence-corrected chi connectivity index (χ1v) is 8.04. The molecule has 24 heavy (non-hydrogen) atoms. The molecule has 1 saturated heterocycles. The molecule has 1 unspecified atom stereocenters. The van der Waals surface area contributed by atoms with Gasteiger partial charge >= 0.3 is 0 Å². The topological polar surface area (TPSA) is 107 Å². The van der Waals surface area contributed by atoms with Crippen molar-refractivity contribution in [2.75, 3.05) is 13.2 Å². The molecule has 0 radical (unpaired) electrons. The lowest BCUT2D eigenvalue weighted by atomic mass is 10.2. The first kappa shape index (κ1) is 16.6. The Hall–Kier alpha value is -2.29. The Kier molecular flexibility index (Phi) is 4.89. The van der Waals surface area contributed by atoms with Crippen molar-refractivity contribution in [3.8, 4) is 0 Å². The van der Waals surface area contributed by atoms with Crippen molar-refractivity contribution < 1.29 is 18.6 Å². The fourth-order valence-corrected chi connectivity index (χ4v) is 2.66. The summed E-state index contributed by atoms with van der Waals surface area (Å²) in [7, 11) is 0. The van der Waals surface area contributed by atoms with Crippen LogP contribution < -0.4 is 0 Å². The zero-order valence-corrected chi connectivity index (χ0v) is 14.1. The predicted molar refractivity (Wildman–Crippen MR) is 80.8 cm³/mol. The van der Waals surface area contributed by atoms with Crippen LogP contribution in [0.2, 0.25) is 0 Å². The number of hydrogen-bond donors (Lipinski definition) is 0. The molecular formula is C15H21N5O4. The Balaban J connectivity index is 1.56. The van der Waals surface area contributed by atoms with Gasteiger partial charge in [0.2, 0.25) is 11.8 Å². The number of likely N-dealkylation sites (tertiary alicyclic amines) is 1. The van der Waals surface area contributed by atoms with Crippen molar-refractivity contribution in [2.45, 2.75) is 52.2 Å². The standard InChI is InChI=1S/C15H21N5O4/c1-9(2)15-17-14(19-24-15)11-5-4-6-20(11)13(21)8-22-7-12-16-10(3)18-23-12/h9,11H,4-8H2,1-3H3. The van der Waals surface area contributed by atoms with Crippen LogP contribution in [0.15, 0.2) is 9.05 Å². The first-order valence-electron chi connectivity index (χ1n) is 8.04. The number of rotatable bonds is 6. The molecule has 3 heterocycles. The normalized spacial score (nSPS) is 17.8. The fraction of sp³-hybridized carbons (Fsp3) is 0.667. The molecule has 2 aromatic heterocycles. The zero-order valence-electron chi connectivity index (χ0n) is 14.1. The molecule has 130 valence electrons. The van der Waals surface area contributed by atoms with E-state index in [1.807, 2.05) is 13.8 Å². The molecule has 1 aliphatic rings. The summed E-state index contributed by atoms with van der Waals surface area (Å²) in [6.45, 7) is 6.43. The van der Waals surface area contributed by atoms with Gasteiger partial charge in [-0.25, -0.2) is 0 Å². The van der Waals surface area contributed by atoms with Gasteiger partial charge in [-0.3, -0.25) is 4.79 Å². The number of carbonyl (C=O) groups is 1. The summed E-state index contributed by atoms with van der Waals surface area (Å²) in [4.78, 5) is 22.6. The zero-order chi connectivity index (χ0) is 17.1. The largest absolute Gasteiger partial charge is 0.362 e. The molecule has 0 N–H and O–H groups in total. The number of aromatic nitrogens is 4. The lowest BCUT2D eigenvalue weighted by molar-refractivity contribution is -0.137. The Morgan fingerprint density at radius 2 is 2.17 bits per heavy atom. The Morgan fingerprint density at radius 3 is 2.83 bits per heavy atom. The van der Waals surface area contributed by atoms with E-state index in [9.17, 15) is 4.79 Å². The smallest absolute Gasteiger partial charge is 0.252 e. The van der Waals surface area contributed by atoms with Crippen molar-refractivity contribution in [2.24, 2.45) is 0 Å². The van der Waals surface area contributed by atoms with Crippen LogP contribution >= 0.6 is 0 Å². The summed E-state index contributed by atoms with van der Waals surface area (Å²) in [5, 5.41) is 7.70. The summed E-state index contributed by atoms with van der Waals surface area (Å²) < 4.78 is 15.6. The summed E-state index contributed by atoms with van der Waals surface area (Å²) in [6, 6.07) is -0.150. The van der Waals surface area contributed by atoms with Crippen molar-refractivity contribution in [1.29, 1.82) is 0 Å². The highest BCUT2D eigenvalue weighted by Gasteiger charge is 2.33. The van der Waals surface area contributed by atoms with E-state index in [1.165, 1.54) is 0 Å². The van der Waals surface area contributed by atoms with Crippen LogP contribution in [0.1, 0.15) is 62.1 Å². The second-order valence-corrected chi connectivity index (χ2v) is 6.12. The van der Waals surface area contributed by atoms with E-state index in [1.54, 1.807) is 11.8 Å². The quantitative estimate of drug-likeness (QED) is 0.786. The van der Waals surface area contributed by atoms with E-state index in [-0.39, 0.29) is 31.1 Å². The molecule has 1 atom stereocenters. The van der Waals surface area contributed by atoms with E-state index < -0.39 is 0 Å². The number of ether oxygens (including phenoxy) is 1. The SMILES string of the molecule is Cc1noc(COCC(=O)N2CCCC2c2noc(C(C)C)n2)n1. The highest BCUT2D eigenvalue weighted by Crippen LogP contribution is 2.30. The molecule has 0 saturated carbocycles. The number of aryl methyl sites for hydroxylation is 1. The minimum absolute atomic E-state index is 0.0488. The van der Waals surface area contributed by atoms with Crippen molar-refractivity contribution in [1.82, 2.24) is 25.2 Å². The summed E-state index contributed by atoms with van der Waals surface area (Å²) in [6.07, 6.45) is 1.73. The maximum Gasteiger partial charge on any atom is 0.252 e. The van der Waals surface area contributed by atoms with Crippen molar-refractivity contribution >= 4 is 5.91 Å². The third-order valence-corrected chi connectivity index (χ3v) is 3.84. The van der Waals surface area contributed by atoms with Crippen LogP contribution in [-0.4, -0.2) is 44.2 Å². The van der Waals surface area contributed by atoms with Crippen LogP contribution in [0.4, 0.5) is 0 Å². The number of amides is 1. The fourth-order valence-electron chi connectivity index (χ4n) is 2.66. The second-order valence-electron chi connectivity index (χ2n) is 6.12. The van der Waals surface area contributed by atoms with Gasteiger partial charge < -0.3 is 18.7 Å². The predicted octanol–water partition coefficient (Wildman–Crippen LogP) is 1.76. The Labute approximate surface area is 139 Å².